The van der Waals surface area contributed by atoms with E-state index >= 15 is 0 Å². The Morgan fingerprint density at radius 3 is 2.72 bits per heavy atom. The molecule has 0 fully saturated rings. The second kappa shape index (κ2) is 4.97. The minimum Gasteiger partial charge on any atom is -0.339 e. The average Bonchev–Trinajstić information content (AvgIpc) is 2.77. The van der Waals surface area contributed by atoms with Gasteiger partial charge in [-0.15, -0.1) is 11.6 Å². The van der Waals surface area contributed by atoms with Crippen molar-refractivity contribution in [3.63, 3.8) is 0 Å². The third kappa shape index (κ3) is 2.81. The predicted octanol–water partition coefficient (Wildman–Crippen LogP) is 3.54. The summed E-state index contributed by atoms with van der Waals surface area (Å²) >= 11 is 5.50. The Bertz CT molecular complexity index is 539. The van der Waals surface area contributed by atoms with Crippen molar-refractivity contribution < 1.29 is 17.7 Å². The smallest absolute Gasteiger partial charge is 0.339 e. The summed E-state index contributed by atoms with van der Waals surface area (Å²) in [6.45, 7) is 0. The van der Waals surface area contributed by atoms with E-state index in [4.69, 9.17) is 16.1 Å². The van der Waals surface area contributed by atoms with Crippen LogP contribution in [0.1, 0.15) is 11.5 Å². The van der Waals surface area contributed by atoms with E-state index in [1.54, 1.807) is 0 Å². The van der Waals surface area contributed by atoms with E-state index in [2.05, 4.69) is 10.1 Å². The van der Waals surface area contributed by atoms with Crippen LogP contribution in [0.15, 0.2) is 28.8 Å². The number of hydrogen-bond donors (Lipinski definition) is 0. The Morgan fingerprint density at radius 2 is 2.06 bits per heavy atom. The van der Waals surface area contributed by atoms with Gasteiger partial charge in [-0.2, -0.15) is 18.2 Å². The number of aromatic nitrogens is 2. The average molecular weight is 277 g/mol. The van der Waals surface area contributed by atoms with Crippen molar-refractivity contribution in [2.75, 3.05) is 5.88 Å². The van der Waals surface area contributed by atoms with Gasteiger partial charge in [0.2, 0.25) is 11.7 Å². The lowest BCUT2D eigenvalue weighted by molar-refractivity contribution is -0.137. The Balaban J connectivity index is 2.32. The fourth-order valence-electron chi connectivity index (χ4n) is 1.39. The van der Waals surface area contributed by atoms with Crippen LogP contribution in [0.4, 0.5) is 13.2 Å². The van der Waals surface area contributed by atoms with E-state index in [0.29, 0.717) is 18.2 Å². The van der Waals surface area contributed by atoms with Gasteiger partial charge >= 0.3 is 6.18 Å². The number of halogens is 4. The van der Waals surface area contributed by atoms with Crippen LogP contribution in [0.2, 0.25) is 0 Å². The summed E-state index contributed by atoms with van der Waals surface area (Å²) in [5.74, 6) is 0.739. The molecule has 0 unspecified atom stereocenters. The first kappa shape index (κ1) is 12.9. The van der Waals surface area contributed by atoms with Crippen LogP contribution in [0.5, 0.6) is 0 Å². The normalized spacial score (nSPS) is 11.8. The highest BCUT2D eigenvalue weighted by Crippen LogP contribution is 2.31. The molecule has 0 radical (unpaired) electrons. The SMILES string of the molecule is FC(F)(F)c1cccc(-c2noc(CCCl)n2)c1. The van der Waals surface area contributed by atoms with Gasteiger partial charge < -0.3 is 4.52 Å². The van der Waals surface area contributed by atoms with Crippen molar-refractivity contribution in [2.24, 2.45) is 0 Å². The molecule has 18 heavy (non-hydrogen) atoms. The van der Waals surface area contributed by atoms with Crippen LogP contribution >= 0.6 is 11.6 Å². The molecule has 96 valence electrons. The van der Waals surface area contributed by atoms with E-state index in [9.17, 15) is 13.2 Å². The molecule has 0 aliphatic rings. The lowest BCUT2D eigenvalue weighted by Gasteiger charge is -2.06. The van der Waals surface area contributed by atoms with Gasteiger partial charge in [-0.25, -0.2) is 0 Å². The predicted molar refractivity (Wildman–Crippen MR) is 59.2 cm³/mol. The van der Waals surface area contributed by atoms with Gasteiger partial charge in [0, 0.05) is 17.9 Å². The van der Waals surface area contributed by atoms with Gasteiger partial charge in [0.15, 0.2) is 0 Å². The Kier molecular flexibility index (Phi) is 3.56. The van der Waals surface area contributed by atoms with Crippen LogP contribution in [-0.4, -0.2) is 16.0 Å². The van der Waals surface area contributed by atoms with Gasteiger partial charge in [-0.1, -0.05) is 17.3 Å². The highest BCUT2D eigenvalue weighted by Gasteiger charge is 2.30. The maximum atomic E-state index is 12.5. The van der Waals surface area contributed by atoms with Crippen LogP contribution in [0, 0.1) is 0 Å². The number of alkyl halides is 4. The van der Waals surface area contributed by atoms with Gasteiger partial charge in [0.1, 0.15) is 0 Å². The standard InChI is InChI=1S/C11H8ClF3N2O/c12-5-4-9-16-10(17-18-9)7-2-1-3-8(6-7)11(13,14)15/h1-3,6H,4-5H2. The molecule has 1 aromatic heterocycles. The number of nitrogens with zero attached hydrogens (tertiary/aromatic N) is 2. The summed E-state index contributed by atoms with van der Waals surface area (Å²) in [7, 11) is 0. The maximum Gasteiger partial charge on any atom is 0.416 e. The highest BCUT2D eigenvalue weighted by atomic mass is 35.5. The van der Waals surface area contributed by atoms with Crippen LogP contribution < -0.4 is 0 Å². The van der Waals surface area contributed by atoms with Crippen molar-refractivity contribution in [3.8, 4) is 11.4 Å². The van der Waals surface area contributed by atoms with Crippen molar-refractivity contribution in [3.05, 3.63) is 35.7 Å². The van der Waals surface area contributed by atoms with E-state index in [-0.39, 0.29) is 11.4 Å². The molecule has 0 aliphatic carbocycles. The Labute approximate surface area is 106 Å². The molecule has 0 amide bonds. The summed E-state index contributed by atoms with van der Waals surface area (Å²) in [6.07, 6.45) is -4.01. The molecule has 0 N–H and O–H groups in total. The minimum absolute atomic E-state index is 0.126. The minimum atomic E-state index is -4.39. The highest BCUT2D eigenvalue weighted by molar-refractivity contribution is 6.17. The van der Waals surface area contributed by atoms with Gasteiger partial charge in [-0.3, -0.25) is 0 Å². The lowest BCUT2D eigenvalue weighted by Crippen LogP contribution is -2.04. The molecule has 1 heterocycles. The van der Waals surface area contributed by atoms with Crippen molar-refractivity contribution in [2.45, 2.75) is 12.6 Å². The molecule has 0 bridgehead atoms. The first-order valence-corrected chi connectivity index (χ1v) is 5.60. The zero-order valence-electron chi connectivity index (χ0n) is 9.04. The number of benzene rings is 1. The van der Waals surface area contributed by atoms with E-state index in [0.717, 1.165) is 12.1 Å². The summed E-state index contributed by atoms with van der Waals surface area (Å²) in [6, 6.07) is 4.76. The fourth-order valence-corrected chi connectivity index (χ4v) is 1.55. The van der Waals surface area contributed by atoms with Gasteiger partial charge in [0.25, 0.3) is 0 Å². The summed E-state index contributed by atoms with van der Waals surface area (Å²) in [4.78, 5) is 3.96. The van der Waals surface area contributed by atoms with Crippen LogP contribution in [0.3, 0.4) is 0 Å². The number of hydrogen-bond acceptors (Lipinski definition) is 3. The summed E-state index contributed by atoms with van der Waals surface area (Å²) in [5.41, 5.74) is -0.488. The molecule has 7 heteroatoms. The molecule has 0 saturated carbocycles. The first-order chi connectivity index (χ1) is 8.50. The largest absolute Gasteiger partial charge is 0.416 e. The molecule has 0 saturated heterocycles. The van der Waals surface area contributed by atoms with Crippen molar-refractivity contribution in [1.82, 2.24) is 10.1 Å². The van der Waals surface area contributed by atoms with Crippen molar-refractivity contribution >= 4 is 11.6 Å². The van der Waals surface area contributed by atoms with E-state index in [1.165, 1.54) is 12.1 Å². The molecule has 2 rings (SSSR count). The molecular formula is C11H8ClF3N2O. The quantitative estimate of drug-likeness (QED) is 0.805. The molecule has 0 atom stereocenters. The topological polar surface area (TPSA) is 38.9 Å². The fraction of sp³-hybridized carbons (Fsp3) is 0.273. The molecule has 1 aromatic carbocycles. The Hall–Kier alpha value is -1.56. The van der Waals surface area contributed by atoms with Crippen LogP contribution in [-0.2, 0) is 12.6 Å². The van der Waals surface area contributed by atoms with E-state index in [1.807, 2.05) is 0 Å². The van der Waals surface area contributed by atoms with Crippen molar-refractivity contribution in [1.29, 1.82) is 0 Å². The molecule has 2 aromatic rings. The molecular weight excluding hydrogens is 269 g/mol. The number of aryl methyl sites for hydroxylation is 1. The maximum absolute atomic E-state index is 12.5. The van der Waals surface area contributed by atoms with Gasteiger partial charge in [0.05, 0.1) is 5.56 Å². The molecule has 0 aliphatic heterocycles. The third-order valence-corrected chi connectivity index (χ3v) is 2.41. The van der Waals surface area contributed by atoms with Gasteiger partial charge in [-0.05, 0) is 12.1 Å². The van der Waals surface area contributed by atoms with E-state index < -0.39 is 11.7 Å². The third-order valence-electron chi connectivity index (χ3n) is 2.22. The molecule has 3 nitrogen and oxygen atoms in total. The zero-order valence-corrected chi connectivity index (χ0v) is 9.79. The Morgan fingerprint density at radius 1 is 1.28 bits per heavy atom. The summed E-state index contributed by atoms with van der Waals surface area (Å²) in [5, 5.41) is 3.62. The number of rotatable bonds is 3. The zero-order chi connectivity index (χ0) is 13.2. The monoisotopic (exact) mass is 276 g/mol. The molecule has 0 spiro atoms. The first-order valence-electron chi connectivity index (χ1n) is 5.07. The summed E-state index contributed by atoms with van der Waals surface area (Å²) < 4.78 is 42.4. The second-order valence-corrected chi connectivity index (χ2v) is 3.91. The van der Waals surface area contributed by atoms with Crippen LogP contribution in [0.25, 0.3) is 11.4 Å². The lowest BCUT2D eigenvalue weighted by atomic mass is 10.1. The second-order valence-electron chi connectivity index (χ2n) is 3.53.